The lowest BCUT2D eigenvalue weighted by Crippen LogP contribution is -2.39. The third-order valence-electron chi connectivity index (χ3n) is 5.09. The van der Waals surface area contributed by atoms with Gasteiger partial charge in [-0.1, -0.05) is 51.3 Å². The van der Waals surface area contributed by atoms with E-state index in [2.05, 4.69) is 32.2 Å². The Morgan fingerprint density at radius 3 is 2.58 bits per heavy atom. The summed E-state index contributed by atoms with van der Waals surface area (Å²) in [5.74, 6) is -0.585. The van der Waals surface area contributed by atoms with Crippen molar-refractivity contribution in [1.29, 1.82) is 0 Å². The maximum absolute atomic E-state index is 12.2. The molecule has 1 aromatic carbocycles. The van der Waals surface area contributed by atoms with Crippen LogP contribution >= 0.6 is 0 Å². The average Bonchev–Trinajstić information content (AvgIpc) is 2.58. The third-order valence-corrected chi connectivity index (χ3v) is 5.09. The number of hydrogen-bond acceptors (Lipinski definition) is 3. The Hall–Kier alpha value is -2.04. The van der Waals surface area contributed by atoms with Crippen LogP contribution in [0, 0.1) is 18.8 Å². The smallest absolute Gasteiger partial charge is 0.306 e. The first-order chi connectivity index (χ1) is 12.2. The van der Waals surface area contributed by atoms with Gasteiger partial charge in [0.05, 0.1) is 5.92 Å². The molecule has 2 rings (SSSR count). The van der Waals surface area contributed by atoms with E-state index < -0.39 is 5.97 Å². The Labute approximate surface area is 156 Å². The van der Waals surface area contributed by atoms with Crippen molar-refractivity contribution in [3.63, 3.8) is 0 Å². The van der Waals surface area contributed by atoms with E-state index in [1.54, 1.807) is 0 Å². The highest BCUT2D eigenvalue weighted by molar-refractivity contribution is 5.77. The van der Waals surface area contributed by atoms with E-state index in [-0.39, 0.29) is 29.8 Å². The maximum atomic E-state index is 12.2. The molecule has 1 saturated carbocycles. The summed E-state index contributed by atoms with van der Waals surface area (Å²) >= 11 is 0. The zero-order valence-corrected chi connectivity index (χ0v) is 16.3. The lowest BCUT2D eigenvalue weighted by Gasteiger charge is -2.28. The zero-order chi connectivity index (χ0) is 19.3. The van der Waals surface area contributed by atoms with Gasteiger partial charge in [0.1, 0.15) is 5.75 Å². The molecule has 0 radical (unpaired) electrons. The molecule has 5 nitrogen and oxygen atoms in total. The van der Waals surface area contributed by atoms with Gasteiger partial charge in [0.25, 0.3) is 5.91 Å². The van der Waals surface area contributed by atoms with Gasteiger partial charge < -0.3 is 15.2 Å². The molecule has 0 unspecified atom stereocenters. The number of nitrogens with one attached hydrogen (secondary N) is 1. The van der Waals surface area contributed by atoms with Gasteiger partial charge in [-0.2, -0.15) is 0 Å². The molecular formula is C21H31NO4. The molecule has 0 heterocycles. The highest BCUT2D eigenvalue weighted by atomic mass is 16.5. The van der Waals surface area contributed by atoms with Gasteiger partial charge >= 0.3 is 5.97 Å². The van der Waals surface area contributed by atoms with Crippen molar-refractivity contribution in [3.8, 4) is 5.75 Å². The quantitative estimate of drug-likeness (QED) is 0.810. The lowest BCUT2D eigenvalue weighted by molar-refractivity contribution is -0.145. The van der Waals surface area contributed by atoms with Crippen LogP contribution in [0.1, 0.15) is 57.6 Å². The molecule has 1 fully saturated rings. The molecule has 1 amide bonds. The van der Waals surface area contributed by atoms with Crippen LogP contribution in [-0.4, -0.2) is 30.1 Å². The van der Waals surface area contributed by atoms with E-state index in [0.717, 1.165) is 36.1 Å². The van der Waals surface area contributed by atoms with Gasteiger partial charge in [0.15, 0.2) is 6.61 Å². The largest absolute Gasteiger partial charge is 0.483 e. The Kier molecular flexibility index (Phi) is 6.68. The summed E-state index contributed by atoms with van der Waals surface area (Å²) < 4.78 is 5.77. The summed E-state index contributed by atoms with van der Waals surface area (Å²) in [4.78, 5) is 23.5. The molecular weight excluding hydrogens is 330 g/mol. The fraction of sp³-hybridized carbons (Fsp3) is 0.619. The molecule has 5 heteroatoms. The molecule has 0 aliphatic heterocycles. The number of carbonyl (C=O) groups excluding carboxylic acids is 1. The van der Waals surface area contributed by atoms with Crippen molar-refractivity contribution in [1.82, 2.24) is 5.32 Å². The third kappa shape index (κ3) is 5.48. The van der Waals surface area contributed by atoms with Crippen LogP contribution in [0.2, 0.25) is 0 Å². The SMILES string of the molecule is Cc1ccc(OCC(=O)NC[C@@H]2CCCC[C@@H]2C(=O)O)c(C(C)(C)C)c1. The fourth-order valence-corrected chi connectivity index (χ4v) is 3.57. The Morgan fingerprint density at radius 2 is 1.92 bits per heavy atom. The van der Waals surface area contributed by atoms with Gasteiger partial charge in [-0.25, -0.2) is 0 Å². The number of ether oxygens (including phenoxy) is 1. The number of aryl methyl sites for hydroxylation is 1. The number of aliphatic carboxylic acids is 1. The maximum Gasteiger partial charge on any atom is 0.306 e. The van der Waals surface area contributed by atoms with E-state index in [9.17, 15) is 14.7 Å². The molecule has 0 aromatic heterocycles. The molecule has 26 heavy (non-hydrogen) atoms. The number of amides is 1. The van der Waals surface area contributed by atoms with Crippen molar-refractivity contribution < 1.29 is 19.4 Å². The number of hydrogen-bond donors (Lipinski definition) is 2. The number of carboxylic acids is 1. The lowest BCUT2D eigenvalue weighted by atomic mass is 9.79. The minimum atomic E-state index is -0.755. The van der Waals surface area contributed by atoms with Crippen molar-refractivity contribution in [2.24, 2.45) is 11.8 Å². The molecule has 1 aromatic rings. The minimum absolute atomic E-state index is 0.00899. The summed E-state index contributed by atoms with van der Waals surface area (Å²) in [6, 6.07) is 5.97. The van der Waals surface area contributed by atoms with Crippen LogP contribution in [0.4, 0.5) is 0 Å². The Bertz CT molecular complexity index is 648. The first-order valence-corrected chi connectivity index (χ1v) is 9.42. The predicted molar refractivity (Wildman–Crippen MR) is 101 cm³/mol. The number of rotatable bonds is 6. The molecule has 0 spiro atoms. The van der Waals surface area contributed by atoms with Crippen LogP contribution in [-0.2, 0) is 15.0 Å². The van der Waals surface area contributed by atoms with Crippen LogP contribution in [0.5, 0.6) is 5.75 Å². The highest BCUT2D eigenvalue weighted by Gasteiger charge is 2.30. The van der Waals surface area contributed by atoms with Crippen LogP contribution < -0.4 is 10.1 Å². The molecule has 144 valence electrons. The standard InChI is InChI=1S/C21H31NO4/c1-14-9-10-18(17(11-14)21(2,3)4)26-13-19(23)22-12-15-7-5-6-8-16(15)20(24)25/h9-11,15-16H,5-8,12-13H2,1-4H3,(H,22,23)(H,24,25)/t15-,16-/m0/s1. The van der Waals surface area contributed by atoms with Gasteiger partial charge in [-0.15, -0.1) is 0 Å². The molecule has 0 bridgehead atoms. The van der Waals surface area contributed by atoms with E-state index in [1.807, 2.05) is 19.1 Å². The normalized spacial score (nSPS) is 20.5. The monoisotopic (exact) mass is 361 g/mol. The van der Waals surface area contributed by atoms with Crippen molar-refractivity contribution >= 4 is 11.9 Å². The fourth-order valence-electron chi connectivity index (χ4n) is 3.57. The van der Waals surface area contributed by atoms with E-state index >= 15 is 0 Å². The van der Waals surface area contributed by atoms with Crippen molar-refractivity contribution in [3.05, 3.63) is 29.3 Å². The van der Waals surface area contributed by atoms with Gasteiger partial charge in [0.2, 0.25) is 0 Å². The Balaban J connectivity index is 1.90. The molecule has 1 aliphatic carbocycles. The van der Waals surface area contributed by atoms with Crippen LogP contribution in [0.25, 0.3) is 0 Å². The van der Waals surface area contributed by atoms with Gasteiger partial charge in [0, 0.05) is 6.54 Å². The summed E-state index contributed by atoms with van der Waals surface area (Å²) in [7, 11) is 0. The molecule has 0 saturated heterocycles. The van der Waals surface area contributed by atoms with Crippen LogP contribution in [0.3, 0.4) is 0 Å². The molecule has 2 N–H and O–H groups in total. The second-order valence-corrected chi connectivity index (χ2v) is 8.33. The summed E-state index contributed by atoms with van der Waals surface area (Å²) in [6.07, 6.45) is 3.53. The van der Waals surface area contributed by atoms with Crippen LogP contribution in [0.15, 0.2) is 18.2 Å². The second kappa shape index (κ2) is 8.56. The predicted octanol–water partition coefficient (Wildman–Crippen LogP) is 3.68. The number of benzene rings is 1. The summed E-state index contributed by atoms with van der Waals surface area (Å²) in [6.45, 7) is 8.72. The molecule has 2 atom stereocenters. The summed E-state index contributed by atoms with van der Waals surface area (Å²) in [5.41, 5.74) is 2.15. The summed E-state index contributed by atoms with van der Waals surface area (Å²) in [5, 5.41) is 12.2. The van der Waals surface area contributed by atoms with Gasteiger partial charge in [-0.05, 0) is 42.7 Å². The van der Waals surface area contributed by atoms with E-state index in [4.69, 9.17) is 4.74 Å². The van der Waals surface area contributed by atoms with E-state index in [1.165, 1.54) is 0 Å². The number of carbonyl (C=O) groups is 2. The average molecular weight is 361 g/mol. The minimum Gasteiger partial charge on any atom is -0.483 e. The zero-order valence-electron chi connectivity index (χ0n) is 16.3. The molecule has 1 aliphatic rings. The van der Waals surface area contributed by atoms with Crippen molar-refractivity contribution in [2.45, 2.75) is 58.8 Å². The van der Waals surface area contributed by atoms with Crippen molar-refractivity contribution in [2.75, 3.05) is 13.2 Å². The highest BCUT2D eigenvalue weighted by Crippen LogP contribution is 2.32. The van der Waals surface area contributed by atoms with Gasteiger partial charge in [-0.3, -0.25) is 9.59 Å². The van der Waals surface area contributed by atoms with E-state index in [0.29, 0.717) is 13.0 Å². The second-order valence-electron chi connectivity index (χ2n) is 8.33. The Morgan fingerprint density at radius 1 is 1.23 bits per heavy atom. The topological polar surface area (TPSA) is 75.6 Å². The first-order valence-electron chi connectivity index (χ1n) is 9.42. The number of carboxylic acid groups (broad SMARTS) is 1. The first kappa shape index (κ1) is 20.3.